The van der Waals surface area contributed by atoms with Crippen LogP contribution >= 0.6 is 11.8 Å². The normalized spacial score (nSPS) is 20.3. The quantitative estimate of drug-likeness (QED) is 0.0155. The van der Waals surface area contributed by atoms with E-state index in [0.717, 1.165) is 16.0 Å². The number of ketones is 1. The number of esters is 1. The first-order valence-electron chi connectivity index (χ1n) is 27.3. The van der Waals surface area contributed by atoms with Crippen molar-refractivity contribution < 1.29 is 58.4 Å². The minimum Gasteiger partial charge on any atom is -0.504 e. The monoisotopic (exact) mass is 1100 g/mol. The summed E-state index contributed by atoms with van der Waals surface area (Å²) in [5, 5.41) is 36.3. The molecule has 3 heterocycles. The van der Waals surface area contributed by atoms with E-state index in [2.05, 4.69) is 15.5 Å². The third kappa shape index (κ3) is 15.0. The second kappa shape index (κ2) is 26.8. The standard InChI is InChI=1S/C61H75N5O12S/c1-8-61(6,7)56(72)59(75)65-26-10-9-20-48(65)60(76)78-54(24-22-41-21-23-52(70)53(71)31-41)43-16-13-19-46(32-43)77-27-25-62-57(73)44-17-12-15-42(30-44)34-64-35-47(33-50(64)58(74)63-45-18-11-14-37(2)28-45)79-55-39(4)49(29-38(3)68)66(40(5)69)51(55)36-67/h11-19,21,23,28,30-32,36,38-39,47-50,54,68,70-71H,8-10,20,22,24-27,29,33-35H2,1-7H3,(H,62,73)(H,63,74)/t38-,39-,47+,48+,49+,50+,54-/m1/s1. The number of aldehydes is 1. The molecule has 3 aliphatic rings. The van der Waals surface area contributed by atoms with E-state index in [9.17, 15) is 48.9 Å². The van der Waals surface area contributed by atoms with Crippen LogP contribution in [-0.4, -0.2) is 127 Å². The Kier molecular flexibility index (Phi) is 20.2. The van der Waals surface area contributed by atoms with Crippen LogP contribution in [0.2, 0.25) is 0 Å². The van der Waals surface area contributed by atoms with Gasteiger partial charge in [-0.15, -0.1) is 11.8 Å². The van der Waals surface area contributed by atoms with Crippen LogP contribution in [0, 0.1) is 18.3 Å². The van der Waals surface area contributed by atoms with Crippen molar-refractivity contribution in [3.8, 4) is 17.2 Å². The molecule has 3 aliphatic heterocycles. The Morgan fingerprint density at radius 3 is 2.38 bits per heavy atom. The number of ether oxygens (including phenoxy) is 2. The van der Waals surface area contributed by atoms with Crippen molar-refractivity contribution in [2.75, 3.05) is 31.6 Å². The molecule has 422 valence electrons. The van der Waals surface area contributed by atoms with Crippen LogP contribution in [0.1, 0.15) is 125 Å². The van der Waals surface area contributed by atoms with Crippen LogP contribution in [-0.2, 0) is 46.5 Å². The third-order valence-electron chi connectivity index (χ3n) is 15.3. The average molecular weight is 1100 g/mol. The van der Waals surface area contributed by atoms with Gasteiger partial charge in [-0.3, -0.25) is 33.7 Å². The maximum absolute atomic E-state index is 14.1. The second-order valence-corrected chi connectivity index (χ2v) is 23.1. The first-order chi connectivity index (χ1) is 37.7. The zero-order valence-corrected chi connectivity index (χ0v) is 47.1. The summed E-state index contributed by atoms with van der Waals surface area (Å²) in [6, 6.07) is 24.4. The van der Waals surface area contributed by atoms with Gasteiger partial charge in [-0.1, -0.05) is 70.2 Å². The molecular formula is C61H75N5O12S. The van der Waals surface area contributed by atoms with Gasteiger partial charge in [0.2, 0.25) is 17.6 Å². The van der Waals surface area contributed by atoms with E-state index < -0.39 is 47.4 Å². The number of piperidine rings is 1. The van der Waals surface area contributed by atoms with Crippen LogP contribution in [0.4, 0.5) is 5.69 Å². The molecule has 4 amide bonds. The van der Waals surface area contributed by atoms with Gasteiger partial charge < -0.3 is 45.2 Å². The third-order valence-corrected chi connectivity index (χ3v) is 16.8. The minimum atomic E-state index is -0.952. The molecule has 79 heavy (non-hydrogen) atoms. The molecule has 7 rings (SSSR count). The molecule has 0 aromatic heterocycles. The van der Waals surface area contributed by atoms with E-state index in [1.54, 1.807) is 69.3 Å². The zero-order chi connectivity index (χ0) is 57.1. The fourth-order valence-corrected chi connectivity index (χ4v) is 12.2. The Morgan fingerprint density at radius 1 is 0.911 bits per heavy atom. The van der Waals surface area contributed by atoms with Crippen LogP contribution in [0.3, 0.4) is 0 Å². The minimum absolute atomic E-state index is 0.0861. The predicted octanol–water partition coefficient (Wildman–Crippen LogP) is 8.18. The van der Waals surface area contributed by atoms with Crippen LogP contribution in [0.15, 0.2) is 102 Å². The van der Waals surface area contributed by atoms with Crippen LogP contribution in [0.5, 0.6) is 17.2 Å². The number of hydrogen-bond donors (Lipinski definition) is 5. The highest BCUT2D eigenvalue weighted by atomic mass is 32.2. The lowest BCUT2D eigenvalue weighted by molar-refractivity contribution is -0.164. The lowest BCUT2D eigenvalue weighted by Crippen LogP contribution is -2.53. The van der Waals surface area contributed by atoms with Gasteiger partial charge in [0.25, 0.3) is 11.8 Å². The summed E-state index contributed by atoms with van der Waals surface area (Å²) >= 11 is 1.50. The molecule has 18 heteroatoms. The van der Waals surface area contributed by atoms with Gasteiger partial charge in [0, 0.05) is 65.3 Å². The first-order valence-corrected chi connectivity index (χ1v) is 28.2. The van der Waals surface area contributed by atoms with Crippen LogP contribution in [0.25, 0.3) is 0 Å². The number of anilines is 1. The number of aryl methyl sites for hydroxylation is 2. The molecule has 0 radical (unpaired) electrons. The highest BCUT2D eigenvalue weighted by Gasteiger charge is 2.45. The highest BCUT2D eigenvalue weighted by molar-refractivity contribution is 8.03. The lowest BCUT2D eigenvalue weighted by Gasteiger charge is -2.36. The lowest BCUT2D eigenvalue weighted by atomic mass is 9.84. The number of benzene rings is 4. The maximum Gasteiger partial charge on any atom is 0.329 e. The molecule has 0 aliphatic carbocycles. The van der Waals surface area contributed by atoms with Gasteiger partial charge in [0.15, 0.2) is 17.8 Å². The van der Waals surface area contributed by atoms with E-state index in [1.165, 1.54) is 40.6 Å². The molecule has 4 aromatic rings. The Morgan fingerprint density at radius 2 is 1.67 bits per heavy atom. The Balaban J connectivity index is 1.01. The van der Waals surface area contributed by atoms with Gasteiger partial charge in [0.05, 0.1) is 24.4 Å². The van der Waals surface area contributed by atoms with E-state index in [0.29, 0.717) is 98.1 Å². The van der Waals surface area contributed by atoms with E-state index in [4.69, 9.17) is 9.47 Å². The van der Waals surface area contributed by atoms with E-state index in [-0.39, 0.29) is 72.5 Å². The maximum atomic E-state index is 14.1. The van der Waals surface area contributed by atoms with Crippen molar-refractivity contribution in [1.82, 2.24) is 20.0 Å². The van der Waals surface area contributed by atoms with Crippen molar-refractivity contribution in [2.24, 2.45) is 11.3 Å². The number of rotatable bonds is 23. The predicted molar refractivity (Wildman–Crippen MR) is 301 cm³/mol. The highest BCUT2D eigenvalue weighted by Crippen LogP contribution is 2.46. The number of allylic oxidation sites excluding steroid dienone is 1. The van der Waals surface area contributed by atoms with Crippen molar-refractivity contribution in [2.45, 2.75) is 142 Å². The molecule has 2 saturated heterocycles. The van der Waals surface area contributed by atoms with Crippen molar-refractivity contribution in [1.29, 1.82) is 0 Å². The number of carbonyl (C=O) groups excluding carboxylic acids is 7. The molecule has 0 unspecified atom stereocenters. The number of nitrogens with zero attached hydrogens (tertiary/aromatic N) is 3. The zero-order valence-electron chi connectivity index (χ0n) is 46.2. The van der Waals surface area contributed by atoms with Gasteiger partial charge in [-0.2, -0.15) is 0 Å². The molecule has 17 nitrogen and oxygen atoms in total. The molecular weight excluding hydrogens is 1030 g/mol. The fourth-order valence-electron chi connectivity index (χ4n) is 10.6. The molecule has 4 aromatic carbocycles. The number of likely N-dealkylation sites (tertiary alicyclic amines) is 2. The number of aliphatic hydroxyl groups excluding tert-OH is 1. The first kappa shape index (κ1) is 59.6. The number of aliphatic hydroxyl groups is 1. The number of aromatic hydroxyl groups is 2. The number of phenolic OH excluding ortho intramolecular Hbond substituents is 2. The number of carbonyl (C=O) groups is 7. The summed E-state index contributed by atoms with van der Waals surface area (Å²) in [5.74, 6) is -3.00. The van der Waals surface area contributed by atoms with E-state index in [1.807, 2.05) is 51.1 Å². The Labute approximate surface area is 467 Å². The smallest absolute Gasteiger partial charge is 0.329 e. The number of hydrogen-bond acceptors (Lipinski definition) is 14. The number of amides is 4. The summed E-state index contributed by atoms with van der Waals surface area (Å²) in [6.45, 7) is 13.6. The summed E-state index contributed by atoms with van der Waals surface area (Å²) in [6.07, 6.45) is 2.69. The molecule has 0 spiro atoms. The summed E-state index contributed by atoms with van der Waals surface area (Å²) in [4.78, 5) is 99.9. The Hall–Kier alpha value is -7.02. The molecule has 0 bridgehead atoms. The summed E-state index contributed by atoms with van der Waals surface area (Å²) in [5.41, 5.74) is 3.56. The molecule has 7 atom stereocenters. The average Bonchev–Trinajstić information content (AvgIpc) is 3.96. The molecule has 0 saturated carbocycles. The van der Waals surface area contributed by atoms with Gasteiger partial charge in [0.1, 0.15) is 24.5 Å². The SMILES string of the molecule is CCC(C)(C)C(=O)C(=O)N1CCCC[C@H]1C(=O)O[C@H](CCc1ccc(O)c(O)c1)c1cccc(OCCNC(=O)c2cccc(CN3C[C@@H](SC4=C(C=O)N(C(C)=O)[C@@H](C[C@@H](C)O)[C@H]4C)C[C@H]3C(=O)Nc3cccc(C)c3)c2)c1. The Bertz CT molecular complexity index is 2920. The van der Waals surface area contributed by atoms with Crippen molar-refractivity contribution in [3.63, 3.8) is 0 Å². The van der Waals surface area contributed by atoms with Crippen molar-refractivity contribution >= 4 is 59.1 Å². The molecule has 2 fully saturated rings. The molecule has 5 N–H and O–H groups in total. The number of thioether (sulfide) groups is 1. The summed E-state index contributed by atoms with van der Waals surface area (Å²) < 4.78 is 12.3. The second-order valence-electron chi connectivity index (χ2n) is 21.7. The van der Waals surface area contributed by atoms with Gasteiger partial charge in [-0.05, 0) is 136 Å². The van der Waals surface area contributed by atoms with Crippen LogP contribution < -0.4 is 15.4 Å². The van der Waals surface area contributed by atoms with Gasteiger partial charge >= 0.3 is 5.97 Å². The largest absolute Gasteiger partial charge is 0.504 e. The summed E-state index contributed by atoms with van der Waals surface area (Å²) in [7, 11) is 0. The van der Waals surface area contributed by atoms with Gasteiger partial charge in [-0.25, -0.2) is 4.79 Å². The topological polar surface area (TPSA) is 232 Å². The number of nitrogens with one attached hydrogen (secondary N) is 2. The number of phenols is 2. The number of Topliss-reactive ketones (excluding diaryl/α,β-unsaturated/α-hetero) is 1. The van der Waals surface area contributed by atoms with E-state index >= 15 is 0 Å². The van der Waals surface area contributed by atoms with Crippen molar-refractivity contribution in [3.05, 3.63) is 129 Å². The fraction of sp³-hybridized carbons (Fsp3) is 0.459.